The Morgan fingerprint density at radius 3 is 2.62 bits per heavy atom. The van der Waals surface area contributed by atoms with E-state index in [0.29, 0.717) is 28.3 Å². The SMILES string of the molecule is Cn1c(SCC(=O)NCCc2ccccc2)nnc1-c1ccccc1Cl. The number of rotatable bonds is 7. The van der Waals surface area contributed by atoms with E-state index < -0.39 is 0 Å². The van der Waals surface area contributed by atoms with Crippen molar-refractivity contribution in [1.29, 1.82) is 0 Å². The summed E-state index contributed by atoms with van der Waals surface area (Å²) >= 11 is 7.58. The Bertz CT molecular complexity index is 882. The van der Waals surface area contributed by atoms with Crippen molar-refractivity contribution in [2.24, 2.45) is 7.05 Å². The first-order chi connectivity index (χ1) is 12.6. The molecule has 134 valence electrons. The van der Waals surface area contributed by atoms with Crippen LogP contribution in [0.25, 0.3) is 11.4 Å². The summed E-state index contributed by atoms with van der Waals surface area (Å²) in [5.41, 5.74) is 2.03. The third-order valence-corrected chi connectivity index (χ3v) is 5.21. The Morgan fingerprint density at radius 1 is 1.12 bits per heavy atom. The van der Waals surface area contributed by atoms with Crippen LogP contribution in [0.3, 0.4) is 0 Å². The van der Waals surface area contributed by atoms with Gasteiger partial charge in [0, 0.05) is 19.2 Å². The zero-order valence-corrected chi connectivity index (χ0v) is 15.9. The molecule has 0 saturated carbocycles. The van der Waals surface area contributed by atoms with Crippen LogP contribution >= 0.6 is 23.4 Å². The summed E-state index contributed by atoms with van der Waals surface area (Å²) in [4.78, 5) is 12.0. The van der Waals surface area contributed by atoms with Crippen molar-refractivity contribution in [2.45, 2.75) is 11.6 Å². The average molecular weight is 387 g/mol. The Kier molecular flexibility index (Phi) is 6.30. The van der Waals surface area contributed by atoms with Crippen molar-refractivity contribution in [3.63, 3.8) is 0 Å². The van der Waals surface area contributed by atoms with Gasteiger partial charge in [-0.3, -0.25) is 4.79 Å². The summed E-state index contributed by atoms with van der Waals surface area (Å²) in [5, 5.41) is 12.6. The van der Waals surface area contributed by atoms with E-state index in [0.717, 1.165) is 12.0 Å². The van der Waals surface area contributed by atoms with Crippen LogP contribution in [0.4, 0.5) is 0 Å². The van der Waals surface area contributed by atoms with Crippen molar-refractivity contribution in [2.75, 3.05) is 12.3 Å². The fourth-order valence-corrected chi connectivity index (χ4v) is 3.45. The Morgan fingerprint density at radius 2 is 1.85 bits per heavy atom. The molecule has 0 aliphatic rings. The topological polar surface area (TPSA) is 59.8 Å². The van der Waals surface area contributed by atoms with Crippen molar-refractivity contribution < 1.29 is 4.79 Å². The monoisotopic (exact) mass is 386 g/mol. The van der Waals surface area contributed by atoms with E-state index in [4.69, 9.17) is 11.6 Å². The number of amides is 1. The summed E-state index contributed by atoms with van der Waals surface area (Å²) < 4.78 is 1.85. The molecule has 0 aliphatic carbocycles. The number of carbonyl (C=O) groups is 1. The second-order valence-electron chi connectivity index (χ2n) is 5.72. The minimum Gasteiger partial charge on any atom is -0.355 e. The average Bonchev–Trinajstić information content (AvgIpc) is 3.02. The van der Waals surface area contributed by atoms with Crippen molar-refractivity contribution in [1.82, 2.24) is 20.1 Å². The third kappa shape index (κ3) is 4.65. The highest BCUT2D eigenvalue weighted by Gasteiger charge is 2.14. The van der Waals surface area contributed by atoms with Crippen LogP contribution < -0.4 is 5.32 Å². The summed E-state index contributed by atoms with van der Waals surface area (Å²) in [5.74, 6) is 0.958. The minimum atomic E-state index is -0.0202. The van der Waals surface area contributed by atoms with Crippen LogP contribution in [-0.4, -0.2) is 33.0 Å². The molecule has 0 radical (unpaired) electrons. The highest BCUT2D eigenvalue weighted by Crippen LogP contribution is 2.28. The van der Waals surface area contributed by atoms with E-state index in [1.807, 2.05) is 54.1 Å². The number of thioether (sulfide) groups is 1. The molecule has 7 heteroatoms. The molecule has 2 aromatic carbocycles. The molecule has 3 aromatic rings. The van der Waals surface area contributed by atoms with Crippen molar-refractivity contribution in [3.05, 3.63) is 65.2 Å². The standard InChI is InChI=1S/C19H19ClN4OS/c1-24-18(15-9-5-6-10-16(15)20)22-23-19(24)26-13-17(25)21-12-11-14-7-3-2-4-8-14/h2-10H,11-13H2,1H3,(H,21,25). The number of aromatic nitrogens is 3. The molecule has 26 heavy (non-hydrogen) atoms. The maximum absolute atomic E-state index is 12.0. The van der Waals surface area contributed by atoms with Crippen LogP contribution in [0.2, 0.25) is 5.02 Å². The summed E-state index contributed by atoms with van der Waals surface area (Å²) in [7, 11) is 1.87. The summed E-state index contributed by atoms with van der Waals surface area (Å²) in [6.07, 6.45) is 0.817. The molecule has 0 fully saturated rings. The second-order valence-corrected chi connectivity index (χ2v) is 7.07. The van der Waals surface area contributed by atoms with Gasteiger partial charge in [0.25, 0.3) is 0 Å². The van der Waals surface area contributed by atoms with E-state index in [1.54, 1.807) is 0 Å². The maximum atomic E-state index is 12.0. The first-order valence-corrected chi connectivity index (χ1v) is 9.59. The molecular formula is C19H19ClN4OS. The molecule has 3 rings (SSSR count). The zero-order valence-electron chi connectivity index (χ0n) is 14.4. The Labute approximate surface area is 161 Å². The van der Waals surface area contributed by atoms with E-state index in [1.165, 1.54) is 17.3 Å². The molecule has 1 amide bonds. The van der Waals surface area contributed by atoms with Gasteiger partial charge < -0.3 is 9.88 Å². The third-order valence-electron chi connectivity index (χ3n) is 3.86. The number of benzene rings is 2. The molecule has 0 spiro atoms. The van der Waals surface area contributed by atoms with E-state index in [9.17, 15) is 4.79 Å². The van der Waals surface area contributed by atoms with Gasteiger partial charge in [-0.15, -0.1) is 10.2 Å². The van der Waals surface area contributed by atoms with Gasteiger partial charge >= 0.3 is 0 Å². The molecule has 1 N–H and O–H groups in total. The van der Waals surface area contributed by atoms with Gasteiger partial charge in [0.1, 0.15) is 0 Å². The van der Waals surface area contributed by atoms with Crippen LogP contribution in [-0.2, 0) is 18.3 Å². The van der Waals surface area contributed by atoms with Gasteiger partial charge in [-0.05, 0) is 24.1 Å². The van der Waals surface area contributed by atoms with Gasteiger partial charge in [-0.2, -0.15) is 0 Å². The van der Waals surface area contributed by atoms with Crippen LogP contribution in [0.5, 0.6) is 0 Å². The van der Waals surface area contributed by atoms with Gasteiger partial charge in [0.2, 0.25) is 5.91 Å². The van der Waals surface area contributed by atoms with Crippen LogP contribution in [0.15, 0.2) is 59.8 Å². The summed E-state index contributed by atoms with van der Waals surface area (Å²) in [6, 6.07) is 17.6. The van der Waals surface area contributed by atoms with Crippen molar-refractivity contribution in [3.8, 4) is 11.4 Å². The smallest absolute Gasteiger partial charge is 0.230 e. The first-order valence-electron chi connectivity index (χ1n) is 8.23. The molecule has 0 unspecified atom stereocenters. The van der Waals surface area contributed by atoms with Crippen molar-refractivity contribution >= 4 is 29.3 Å². The molecule has 5 nitrogen and oxygen atoms in total. The lowest BCUT2D eigenvalue weighted by Gasteiger charge is -2.06. The molecular weight excluding hydrogens is 368 g/mol. The normalized spacial score (nSPS) is 10.7. The maximum Gasteiger partial charge on any atom is 0.230 e. The lowest BCUT2D eigenvalue weighted by molar-refractivity contribution is -0.118. The van der Waals surface area contributed by atoms with E-state index >= 15 is 0 Å². The Balaban J connectivity index is 1.52. The van der Waals surface area contributed by atoms with Crippen LogP contribution in [0, 0.1) is 0 Å². The highest BCUT2D eigenvalue weighted by atomic mass is 35.5. The summed E-state index contributed by atoms with van der Waals surface area (Å²) in [6.45, 7) is 0.618. The molecule has 0 aliphatic heterocycles. The zero-order chi connectivity index (χ0) is 18.4. The number of hydrogen-bond acceptors (Lipinski definition) is 4. The first kappa shape index (κ1) is 18.5. The number of nitrogens with one attached hydrogen (secondary N) is 1. The lowest BCUT2D eigenvalue weighted by atomic mass is 10.1. The number of carbonyl (C=O) groups excluding carboxylic acids is 1. The quantitative estimate of drug-likeness (QED) is 0.630. The number of halogens is 1. The predicted octanol–water partition coefficient (Wildman–Crippen LogP) is 3.59. The molecule has 1 heterocycles. The van der Waals surface area contributed by atoms with E-state index in [2.05, 4.69) is 27.6 Å². The molecule has 1 aromatic heterocycles. The molecule has 0 bridgehead atoms. The number of nitrogens with zero attached hydrogens (tertiary/aromatic N) is 3. The minimum absolute atomic E-state index is 0.0202. The van der Waals surface area contributed by atoms with Gasteiger partial charge in [0.15, 0.2) is 11.0 Å². The second kappa shape index (κ2) is 8.87. The number of hydrogen-bond donors (Lipinski definition) is 1. The van der Waals surface area contributed by atoms with Gasteiger partial charge in [0.05, 0.1) is 10.8 Å². The van der Waals surface area contributed by atoms with E-state index in [-0.39, 0.29) is 5.91 Å². The fraction of sp³-hybridized carbons (Fsp3) is 0.211. The van der Waals surface area contributed by atoms with Crippen LogP contribution in [0.1, 0.15) is 5.56 Å². The molecule has 0 saturated heterocycles. The van der Waals surface area contributed by atoms with Gasteiger partial charge in [-0.1, -0.05) is 65.8 Å². The fourth-order valence-electron chi connectivity index (χ4n) is 2.49. The highest BCUT2D eigenvalue weighted by molar-refractivity contribution is 7.99. The lowest BCUT2D eigenvalue weighted by Crippen LogP contribution is -2.27. The molecule has 0 atom stereocenters. The Hall–Kier alpha value is -2.31. The van der Waals surface area contributed by atoms with Gasteiger partial charge in [-0.25, -0.2) is 0 Å². The predicted molar refractivity (Wildman–Crippen MR) is 105 cm³/mol. The largest absolute Gasteiger partial charge is 0.355 e.